The summed E-state index contributed by atoms with van der Waals surface area (Å²) in [5.41, 5.74) is 2.41. The highest BCUT2D eigenvalue weighted by Crippen LogP contribution is 2.27. The number of rotatable bonds is 6. The number of halogens is 2. The van der Waals surface area contributed by atoms with Crippen LogP contribution in [0.1, 0.15) is 18.9 Å². The second-order valence-corrected chi connectivity index (χ2v) is 6.32. The smallest absolute Gasteiger partial charge is 0.0494 e. The molecule has 1 atom stereocenters. The molecule has 0 N–H and O–H groups in total. The largest absolute Gasteiger partial charge is 0.372 e. The Hall–Kier alpha value is 0.140. The molecule has 0 saturated heterocycles. The lowest BCUT2D eigenvalue weighted by atomic mass is 10.1. The molecule has 17 heavy (non-hydrogen) atoms. The van der Waals surface area contributed by atoms with Gasteiger partial charge in [0, 0.05) is 29.1 Å². The van der Waals surface area contributed by atoms with E-state index in [-0.39, 0.29) is 0 Å². The van der Waals surface area contributed by atoms with Crippen LogP contribution in [-0.2, 0) is 5.88 Å². The minimum atomic E-state index is 0.533. The van der Waals surface area contributed by atoms with Gasteiger partial charge in [-0.3, -0.25) is 0 Å². The van der Waals surface area contributed by atoms with Crippen LogP contribution in [-0.4, -0.2) is 25.1 Å². The molecule has 1 nitrogen and oxygen atoms in total. The zero-order chi connectivity index (χ0) is 12.8. The van der Waals surface area contributed by atoms with Crippen LogP contribution in [0.3, 0.4) is 0 Å². The summed E-state index contributed by atoms with van der Waals surface area (Å²) in [4.78, 5) is 2.32. The molecule has 96 valence electrons. The van der Waals surface area contributed by atoms with Crippen molar-refractivity contribution in [2.75, 3.05) is 24.0 Å². The summed E-state index contributed by atoms with van der Waals surface area (Å²) >= 11 is 11.4. The molecule has 1 unspecified atom stereocenters. The highest BCUT2D eigenvalue weighted by Gasteiger charge is 2.13. The first-order valence-electron chi connectivity index (χ1n) is 5.66. The lowest BCUT2D eigenvalue weighted by molar-refractivity contribution is 0.667. The lowest BCUT2D eigenvalue weighted by Gasteiger charge is -2.28. The minimum absolute atomic E-state index is 0.533. The molecule has 0 amide bonds. The van der Waals surface area contributed by atoms with Crippen LogP contribution in [0.4, 0.5) is 5.69 Å². The number of alkyl halides is 1. The van der Waals surface area contributed by atoms with Crippen molar-refractivity contribution < 1.29 is 0 Å². The van der Waals surface area contributed by atoms with Gasteiger partial charge in [0.05, 0.1) is 0 Å². The van der Waals surface area contributed by atoms with Crippen molar-refractivity contribution in [3.05, 3.63) is 28.2 Å². The van der Waals surface area contributed by atoms with Crippen LogP contribution in [0, 0.1) is 0 Å². The van der Waals surface area contributed by atoms with Crippen LogP contribution in [0.25, 0.3) is 0 Å². The van der Waals surface area contributed by atoms with Crippen molar-refractivity contribution in [1.82, 2.24) is 0 Å². The van der Waals surface area contributed by atoms with Crippen LogP contribution in [0.5, 0.6) is 0 Å². The number of nitrogens with zero attached hydrogens (tertiary/aromatic N) is 1. The summed E-state index contributed by atoms with van der Waals surface area (Å²) in [5.74, 6) is 1.74. The predicted molar refractivity (Wildman–Crippen MR) is 84.6 cm³/mol. The van der Waals surface area contributed by atoms with Gasteiger partial charge in [-0.05, 0) is 49.1 Å². The van der Waals surface area contributed by atoms with Crippen LogP contribution in [0.15, 0.2) is 22.7 Å². The maximum Gasteiger partial charge on any atom is 0.0494 e. The van der Waals surface area contributed by atoms with E-state index in [9.17, 15) is 0 Å². The van der Waals surface area contributed by atoms with Gasteiger partial charge in [-0.15, -0.1) is 11.6 Å². The van der Waals surface area contributed by atoms with Gasteiger partial charge in [0.25, 0.3) is 0 Å². The van der Waals surface area contributed by atoms with E-state index in [1.807, 2.05) is 11.8 Å². The molecule has 0 heterocycles. The third-order valence-corrected chi connectivity index (χ3v) is 4.39. The molecule has 0 fully saturated rings. The van der Waals surface area contributed by atoms with Gasteiger partial charge in [0.2, 0.25) is 0 Å². The maximum atomic E-state index is 6.01. The summed E-state index contributed by atoms with van der Waals surface area (Å²) in [5, 5.41) is 0. The molecule has 0 bridgehead atoms. The van der Waals surface area contributed by atoms with Crippen molar-refractivity contribution in [2.45, 2.75) is 25.3 Å². The fourth-order valence-corrected chi connectivity index (χ4v) is 2.92. The molecule has 0 aromatic heterocycles. The highest BCUT2D eigenvalue weighted by molar-refractivity contribution is 9.10. The Kier molecular flexibility index (Phi) is 6.75. The number of hydrogen-bond donors (Lipinski definition) is 0. The fraction of sp³-hybridized carbons (Fsp3) is 0.538. The molecule has 1 aromatic carbocycles. The van der Waals surface area contributed by atoms with E-state index in [2.05, 4.69) is 59.3 Å². The van der Waals surface area contributed by atoms with Gasteiger partial charge >= 0.3 is 0 Å². The summed E-state index contributed by atoms with van der Waals surface area (Å²) in [6.07, 6.45) is 3.34. The Bertz CT molecular complexity index is 359. The summed E-state index contributed by atoms with van der Waals surface area (Å²) in [6, 6.07) is 6.84. The van der Waals surface area contributed by atoms with E-state index in [4.69, 9.17) is 11.6 Å². The van der Waals surface area contributed by atoms with E-state index >= 15 is 0 Å². The Morgan fingerprint density at radius 2 is 2.18 bits per heavy atom. The van der Waals surface area contributed by atoms with Crippen LogP contribution >= 0.6 is 39.3 Å². The Morgan fingerprint density at radius 1 is 1.47 bits per heavy atom. The number of hydrogen-bond acceptors (Lipinski definition) is 2. The van der Waals surface area contributed by atoms with E-state index in [1.54, 1.807) is 0 Å². The van der Waals surface area contributed by atoms with Crippen molar-refractivity contribution in [3.8, 4) is 0 Å². The topological polar surface area (TPSA) is 3.24 Å². The molecule has 0 spiro atoms. The van der Waals surface area contributed by atoms with Gasteiger partial charge in [-0.25, -0.2) is 0 Å². The summed E-state index contributed by atoms with van der Waals surface area (Å²) < 4.78 is 1.09. The zero-order valence-corrected chi connectivity index (χ0v) is 13.7. The quantitative estimate of drug-likeness (QED) is 0.689. The molecule has 0 radical (unpaired) electrons. The Morgan fingerprint density at radius 3 is 2.76 bits per heavy atom. The highest BCUT2D eigenvalue weighted by atomic mass is 79.9. The summed E-state index contributed by atoms with van der Waals surface area (Å²) in [6.45, 7) is 2.26. The monoisotopic (exact) mass is 335 g/mol. The second kappa shape index (κ2) is 7.55. The third kappa shape index (κ3) is 4.38. The molecule has 1 aromatic rings. The van der Waals surface area contributed by atoms with Crippen molar-refractivity contribution in [3.63, 3.8) is 0 Å². The number of anilines is 1. The Balaban J connectivity index is 2.83. The number of benzene rings is 1. The molecule has 0 saturated carbocycles. The fourth-order valence-electron chi connectivity index (χ4n) is 1.72. The molecular weight excluding hydrogens is 318 g/mol. The first-order chi connectivity index (χ1) is 8.10. The molecule has 0 aliphatic rings. The van der Waals surface area contributed by atoms with Crippen LogP contribution < -0.4 is 4.90 Å². The van der Waals surface area contributed by atoms with Gasteiger partial charge < -0.3 is 4.90 Å². The second-order valence-electron chi connectivity index (χ2n) is 4.15. The van der Waals surface area contributed by atoms with Gasteiger partial charge in [0.1, 0.15) is 0 Å². The first-order valence-corrected chi connectivity index (χ1v) is 8.38. The number of thioether (sulfide) groups is 1. The van der Waals surface area contributed by atoms with Gasteiger partial charge in [-0.1, -0.05) is 15.9 Å². The Labute approximate surface area is 122 Å². The first kappa shape index (κ1) is 15.2. The van der Waals surface area contributed by atoms with Gasteiger partial charge in [-0.2, -0.15) is 11.8 Å². The SMILES string of the molecule is CSCCC(C)N(C)c1ccc(Br)cc1CCl. The van der Waals surface area contributed by atoms with Crippen molar-refractivity contribution >= 4 is 45.0 Å². The van der Waals surface area contributed by atoms with Crippen molar-refractivity contribution in [2.24, 2.45) is 0 Å². The lowest BCUT2D eigenvalue weighted by Crippen LogP contribution is -2.30. The third-order valence-electron chi connectivity index (χ3n) is 2.97. The standard InChI is InChI=1S/C13H19BrClNS/c1-10(6-7-17-3)16(2)13-5-4-12(14)8-11(13)9-15/h4-5,8,10H,6-7,9H2,1-3H3. The molecule has 1 rings (SSSR count). The van der Waals surface area contributed by atoms with E-state index in [0.29, 0.717) is 11.9 Å². The average Bonchev–Trinajstić information content (AvgIpc) is 2.34. The molecule has 0 aliphatic heterocycles. The van der Waals surface area contributed by atoms with E-state index < -0.39 is 0 Å². The zero-order valence-electron chi connectivity index (χ0n) is 10.5. The molecule has 4 heteroatoms. The molecular formula is C13H19BrClNS. The predicted octanol–water partition coefficient (Wildman–Crippen LogP) is 4.77. The van der Waals surface area contributed by atoms with Crippen LogP contribution in [0.2, 0.25) is 0 Å². The molecule has 0 aliphatic carbocycles. The van der Waals surface area contributed by atoms with Crippen molar-refractivity contribution in [1.29, 1.82) is 0 Å². The van der Waals surface area contributed by atoms with Gasteiger partial charge in [0.15, 0.2) is 0 Å². The normalized spacial score (nSPS) is 12.5. The summed E-state index contributed by atoms with van der Waals surface area (Å²) in [7, 11) is 2.14. The minimum Gasteiger partial charge on any atom is -0.372 e. The van der Waals surface area contributed by atoms with E-state index in [1.165, 1.54) is 23.4 Å². The maximum absolute atomic E-state index is 6.01. The van der Waals surface area contributed by atoms with E-state index in [0.717, 1.165) is 4.47 Å². The average molecular weight is 337 g/mol.